The average molecular weight is 355 g/mol. The zero-order valence-electron chi connectivity index (χ0n) is 15.2. The Morgan fingerprint density at radius 1 is 1.23 bits per heavy atom. The van der Waals surface area contributed by atoms with Gasteiger partial charge in [-0.05, 0) is 11.5 Å². The molecule has 7 heteroatoms. The smallest absolute Gasteiger partial charge is 0.241 e. The van der Waals surface area contributed by atoms with Gasteiger partial charge < -0.3 is 10.6 Å². The summed E-state index contributed by atoms with van der Waals surface area (Å²) in [5, 5.41) is 9.58. The van der Waals surface area contributed by atoms with Gasteiger partial charge in [-0.25, -0.2) is 0 Å². The quantitative estimate of drug-likeness (QED) is 0.819. The van der Waals surface area contributed by atoms with Crippen molar-refractivity contribution in [1.82, 2.24) is 20.0 Å². The predicted octanol–water partition coefficient (Wildman–Crippen LogP) is 1.34. The second kappa shape index (κ2) is 8.14. The SMILES string of the molecule is CNC(=O)Cn1cc(NC(=O)[C@@H]2CN(Cc3ccccc3)C[C@H]2C)cn1. The monoisotopic (exact) mass is 355 g/mol. The number of nitrogens with one attached hydrogen (secondary N) is 2. The minimum Gasteiger partial charge on any atom is -0.358 e. The molecule has 0 saturated carbocycles. The van der Waals surface area contributed by atoms with Crippen molar-refractivity contribution in [3.8, 4) is 0 Å². The highest BCUT2D eigenvalue weighted by molar-refractivity contribution is 5.92. The Hall–Kier alpha value is -2.67. The first-order chi connectivity index (χ1) is 12.5. The van der Waals surface area contributed by atoms with Crippen molar-refractivity contribution < 1.29 is 9.59 Å². The number of anilines is 1. The van der Waals surface area contributed by atoms with E-state index in [0.29, 0.717) is 11.6 Å². The van der Waals surface area contributed by atoms with Gasteiger partial charge in [-0.15, -0.1) is 0 Å². The van der Waals surface area contributed by atoms with E-state index in [9.17, 15) is 9.59 Å². The van der Waals surface area contributed by atoms with E-state index in [0.717, 1.165) is 19.6 Å². The van der Waals surface area contributed by atoms with Gasteiger partial charge in [0.05, 0.1) is 17.8 Å². The lowest BCUT2D eigenvalue weighted by Gasteiger charge is -2.15. The third kappa shape index (κ3) is 4.49. The van der Waals surface area contributed by atoms with Crippen molar-refractivity contribution in [1.29, 1.82) is 0 Å². The fraction of sp³-hybridized carbons (Fsp3) is 0.421. The highest BCUT2D eigenvalue weighted by Gasteiger charge is 2.34. The largest absolute Gasteiger partial charge is 0.358 e. The van der Waals surface area contributed by atoms with Crippen LogP contribution in [0.2, 0.25) is 0 Å². The lowest BCUT2D eigenvalue weighted by atomic mass is 9.97. The summed E-state index contributed by atoms with van der Waals surface area (Å²) < 4.78 is 1.51. The van der Waals surface area contributed by atoms with Gasteiger partial charge in [0.15, 0.2) is 0 Å². The van der Waals surface area contributed by atoms with Crippen LogP contribution < -0.4 is 10.6 Å². The molecule has 1 fully saturated rings. The third-order valence-electron chi connectivity index (χ3n) is 4.76. The first kappa shape index (κ1) is 18.1. The fourth-order valence-electron chi connectivity index (χ4n) is 3.35. The summed E-state index contributed by atoms with van der Waals surface area (Å²) in [6, 6.07) is 10.3. The molecule has 0 spiro atoms. The lowest BCUT2D eigenvalue weighted by molar-refractivity contribution is -0.121. The zero-order chi connectivity index (χ0) is 18.5. The van der Waals surface area contributed by atoms with Gasteiger partial charge in [0.2, 0.25) is 11.8 Å². The molecule has 3 rings (SSSR count). The number of likely N-dealkylation sites (tertiary alicyclic amines) is 1. The summed E-state index contributed by atoms with van der Waals surface area (Å²) in [6.45, 7) is 4.76. The maximum absolute atomic E-state index is 12.7. The number of nitrogens with zero attached hydrogens (tertiary/aromatic N) is 3. The molecule has 2 amide bonds. The van der Waals surface area contributed by atoms with Crippen molar-refractivity contribution in [2.24, 2.45) is 11.8 Å². The van der Waals surface area contributed by atoms with Gasteiger partial charge in [0, 0.05) is 32.9 Å². The van der Waals surface area contributed by atoms with Gasteiger partial charge in [-0.1, -0.05) is 37.3 Å². The van der Waals surface area contributed by atoms with Crippen LogP contribution in [-0.4, -0.2) is 46.6 Å². The average Bonchev–Trinajstić information content (AvgIpc) is 3.21. The van der Waals surface area contributed by atoms with Gasteiger partial charge >= 0.3 is 0 Å². The van der Waals surface area contributed by atoms with E-state index >= 15 is 0 Å². The second-order valence-electron chi connectivity index (χ2n) is 6.85. The summed E-state index contributed by atoms with van der Waals surface area (Å²) in [6.07, 6.45) is 3.25. The molecule has 0 unspecified atom stereocenters. The summed E-state index contributed by atoms with van der Waals surface area (Å²) in [7, 11) is 1.58. The Morgan fingerprint density at radius 2 is 2.00 bits per heavy atom. The molecule has 0 radical (unpaired) electrons. The number of likely N-dealkylation sites (N-methyl/N-ethyl adjacent to an activating group) is 1. The van der Waals surface area contributed by atoms with E-state index in [1.807, 2.05) is 18.2 Å². The predicted molar refractivity (Wildman–Crippen MR) is 99.3 cm³/mol. The van der Waals surface area contributed by atoms with Gasteiger partial charge in [-0.3, -0.25) is 19.2 Å². The van der Waals surface area contributed by atoms with Crippen LogP contribution >= 0.6 is 0 Å². The summed E-state index contributed by atoms with van der Waals surface area (Å²) in [5.41, 5.74) is 1.88. The molecule has 2 aromatic rings. The van der Waals surface area contributed by atoms with Crippen molar-refractivity contribution in [3.63, 3.8) is 0 Å². The molecule has 138 valence electrons. The number of rotatable bonds is 6. The molecule has 2 heterocycles. The highest BCUT2D eigenvalue weighted by Crippen LogP contribution is 2.25. The number of hydrogen-bond acceptors (Lipinski definition) is 4. The number of hydrogen-bond donors (Lipinski definition) is 2. The van der Waals surface area contributed by atoms with E-state index in [4.69, 9.17) is 0 Å². The summed E-state index contributed by atoms with van der Waals surface area (Å²) in [4.78, 5) is 26.4. The van der Waals surface area contributed by atoms with Gasteiger partial charge in [-0.2, -0.15) is 5.10 Å². The second-order valence-corrected chi connectivity index (χ2v) is 6.85. The van der Waals surface area contributed by atoms with Crippen LogP contribution in [-0.2, 0) is 22.7 Å². The molecule has 26 heavy (non-hydrogen) atoms. The van der Waals surface area contributed by atoms with Crippen molar-refractivity contribution in [3.05, 3.63) is 48.3 Å². The van der Waals surface area contributed by atoms with Gasteiger partial charge in [0.25, 0.3) is 0 Å². The zero-order valence-corrected chi connectivity index (χ0v) is 15.2. The molecule has 2 atom stereocenters. The molecular weight excluding hydrogens is 330 g/mol. The van der Waals surface area contributed by atoms with E-state index in [1.165, 1.54) is 10.2 Å². The number of benzene rings is 1. The molecule has 0 bridgehead atoms. The molecule has 1 aromatic heterocycles. The molecule has 7 nitrogen and oxygen atoms in total. The highest BCUT2D eigenvalue weighted by atomic mass is 16.2. The molecule has 1 aliphatic heterocycles. The van der Waals surface area contributed by atoms with Crippen molar-refractivity contribution >= 4 is 17.5 Å². The standard InChI is InChI=1S/C19H25N5O2/c1-14-9-23(10-15-6-4-3-5-7-15)12-17(14)19(26)22-16-8-21-24(11-16)13-18(25)20-2/h3-8,11,14,17H,9-10,12-13H2,1-2H3,(H,20,25)(H,22,26)/t14-,17-/m1/s1. The van der Waals surface area contributed by atoms with E-state index in [-0.39, 0.29) is 24.3 Å². The van der Waals surface area contributed by atoms with Gasteiger partial charge in [0.1, 0.15) is 6.54 Å². The van der Waals surface area contributed by atoms with Crippen molar-refractivity contribution in [2.75, 3.05) is 25.5 Å². The topological polar surface area (TPSA) is 79.3 Å². The van der Waals surface area contributed by atoms with Crippen LogP contribution in [0.1, 0.15) is 12.5 Å². The summed E-state index contributed by atoms with van der Waals surface area (Å²) in [5.74, 6) is 0.111. The first-order valence-electron chi connectivity index (χ1n) is 8.85. The third-order valence-corrected chi connectivity index (χ3v) is 4.76. The molecule has 1 aliphatic rings. The number of aromatic nitrogens is 2. The summed E-state index contributed by atoms with van der Waals surface area (Å²) >= 11 is 0. The Labute approximate surface area is 153 Å². The van der Waals surface area contributed by atoms with Crippen LogP contribution in [0.15, 0.2) is 42.7 Å². The number of carbonyl (C=O) groups excluding carboxylic acids is 2. The maximum atomic E-state index is 12.7. The lowest BCUT2D eigenvalue weighted by Crippen LogP contribution is -2.28. The molecule has 1 saturated heterocycles. The number of amides is 2. The minimum atomic E-state index is -0.132. The van der Waals surface area contributed by atoms with E-state index in [2.05, 4.69) is 39.7 Å². The molecular formula is C19H25N5O2. The Balaban J connectivity index is 1.55. The Kier molecular flexibility index (Phi) is 5.68. The maximum Gasteiger partial charge on any atom is 0.241 e. The van der Waals surface area contributed by atoms with Crippen LogP contribution in [0, 0.1) is 11.8 Å². The van der Waals surface area contributed by atoms with E-state index < -0.39 is 0 Å². The first-order valence-corrected chi connectivity index (χ1v) is 8.85. The van der Waals surface area contributed by atoms with E-state index in [1.54, 1.807) is 19.4 Å². The van der Waals surface area contributed by atoms with Crippen LogP contribution in [0.3, 0.4) is 0 Å². The molecule has 2 N–H and O–H groups in total. The fourth-order valence-corrected chi connectivity index (χ4v) is 3.35. The Bertz CT molecular complexity index is 758. The normalized spacial score (nSPS) is 20.1. The Morgan fingerprint density at radius 3 is 2.73 bits per heavy atom. The van der Waals surface area contributed by atoms with Crippen LogP contribution in [0.4, 0.5) is 5.69 Å². The molecule has 1 aromatic carbocycles. The van der Waals surface area contributed by atoms with Crippen LogP contribution in [0.5, 0.6) is 0 Å². The molecule has 0 aliphatic carbocycles. The number of carbonyl (C=O) groups is 2. The van der Waals surface area contributed by atoms with Crippen molar-refractivity contribution in [2.45, 2.75) is 20.0 Å². The van der Waals surface area contributed by atoms with Crippen LogP contribution in [0.25, 0.3) is 0 Å². The minimum absolute atomic E-state index is 0.00700.